The molecule has 1 unspecified atom stereocenters. The van der Waals surface area contributed by atoms with Crippen LogP contribution in [0.1, 0.15) is 43.0 Å². The van der Waals surface area contributed by atoms with Gasteiger partial charge >= 0.3 is 0 Å². The van der Waals surface area contributed by atoms with Crippen molar-refractivity contribution in [2.45, 2.75) is 38.6 Å². The van der Waals surface area contributed by atoms with Crippen molar-refractivity contribution in [3.8, 4) is 0 Å². The van der Waals surface area contributed by atoms with Crippen LogP contribution in [0.4, 0.5) is 5.69 Å². The molecular formula is C14H19ClN2O. The van der Waals surface area contributed by atoms with Gasteiger partial charge in [-0.15, -0.1) is 0 Å². The number of nitrogens with one attached hydrogen (secondary N) is 1. The Morgan fingerprint density at radius 1 is 1.44 bits per heavy atom. The van der Waals surface area contributed by atoms with Gasteiger partial charge in [-0.1, -0.05) is 30.5 Å². The molecule has 98 valence electrons. The number of halogens is 1. The Morgan fingerprint density at radius 2 is 2.11 bits per heavy atom. The molecule has 3 N–H and O–H groups in total. The molecular weight excluding hydrogens is 248 g/mol. The highest BCUT2D eigenvalue weighted by atomic mass is 35.5. The van der Waals surface area contributed by atoms with Gasteiger partial charge in [0.15, 0.2) is 0 Å². The van der Waals surface area contributed by atoms with Gasteiger partial charge < -0.3 is 11.1 Å². The van der Waals surface area contributed by atoms with Gasteiger partial charge in [0.1, 0.15) is 0 Å². The maximum atomic E-state index is 12.1. The minimum absolute atomic E-state index is 0.130. The van der Waals surface area contributed by atoms with Crippen LogP contribution >= 0.6 is 11.6 Å². The predicted molar refractivity (Wildman–Crippen MR) is 74.8 cm³/mol. The minimum Gasteiger partial charge on any atom is -0.397 e. The van der Waals surface area contributed by atoms with E-state index in [-0.39, 0.29) is 11.9 Å². The molecule has 1 aromatic rings. The first-order chi connectivity index (χ1) is 8.59. The highest BCUT2D eigenvalue weighted by molar-refractivity contribution is 6.33. The first-order valence-electron chi connectivity index (χ1n) is 6.44. The number of amides is 1. The maximum Gasteiger partial charge on any atom is 0.253 e. The van der Waals surface area contributed by atoms with Crippen molar-refractivity contribution in [3.05, 3.63) is 28.8 Å². The Balaban J connectivity index is 2.05. The largest absolute Gasteiger partial charge is 0.397 e. The summed E-state index contributed by atoms with van der Waals surface area (Å²) in [6.45, 7) is 2.06. The smallest absolute Gasteiger partial charge is 0.253 e. The third kappa shape index (κ3) is 2.78. The Hall–Kier alpha value is -1.22. The number of para-hydroxylation sites is 1. The van der Waals surface area contributed by atoms with Crippen molar-refractivity contribution in [1.82, 2.24) is 5.32 Å². The molecule has 0 radical (unpaired) electrons. The van der Waals surface area contributed by atoms with E-state index < -0.39 is 0 Å². The van der Waals surface area contributed by atoms with Crippen LogP contribution in [0.3, 0.4) is 0 Å². The van der Waals surface area contributed by atoms with Gasteiger partial charge in [0.25, 0.3) is 5.91 Å². The van der Waals surface area contributed by atoms with Gasteiger partial charge in [0, 0.05) is 6.04 Å². The van der Waals surface area contributed by atoms with Crippen LogP contribution in [0.5, 0.6) is 0 Å². The molecule has 0 spiro atoms. The average Bonchev–Trinajstić information content (AvgIpc) is 2.86. The van der Waals surface area contributed by atoms with Crippen LogP contribution < -0.4 is 11.1 Å². The van der Waals surface area contributed by atoms with E-state index in [0.717, 1.165) is 0 Å². The first-order valence-corrected chi connectivity index (χ1v) is 6.82. The third-order valence-electron chi connectivity index (χ3n) is 3.76. The molecule has 0 bridgehead atoms. The van der Waals surface area contributed by atoms with E-state index in [0.29, 0.717) is 22.2 Å². The minimum atomic E-state index is -0.130. The summed E-state index contributed by atoms with van der Waals surface area (Å²) in [6, 6.07) is 5.33. The quantitative estimate of drug-likeness (QED) is 0.826. The fraction of sp³-hybridized carbons (Fsp3) is 0.500. The molecule has 0 heterocycles. The Labute approximate surface area is 113 Å². The van der Waals surface area contributed by atoms with Crippen LogP contribution in [0.2, 0.25) is 5.02 Å². The predicted octanol–water partition coefficient (Wildman–Crippen LogP) is 3.23. The standard InChI is InChI=1S/C14H19ClN2O/c1-9(10-5-2-3-6-10)17-14(18)11-7-4-8-12(15)13(11)16/h4,7-10H,2-3,5-6,16H2,1H3,(H,17,18). The fourth-order valence-electron chi connectivity index (χ4n) is 2.59. The van der Waals surface area contributed by atoms with Gasteiger partial charge in [-0.2, -0.15) is 0 Å². The molecule has 1 saturated carbocycles. The van der Waals surface area contributed by atoms with Crippen molar-refractivity contribution in [1.29, 1.82) is 0 Å². The zero-order valence-corrected chi connectivity index (χ0v) is 11.3. The molecule has 0 saturated heterocycles. The van der Waals surface area contributed by atoms with Crippen molar-refractivity contribution < 1.29 is 4.79 Å². The summed E-state index contributed by atoms with van der Waals surface area (Å²) < 4.78 is 0. The molecule has 3 nitrogen and oxygen atoms in total. The molecule has 1 amide bonds. The molecule has 1 aliphatic carbocycles. The highest BCUT2D eigenvalue weighted by Crippen LogP contribution is 2.28. The second-order valence-electron chi connectivity index (χ2n) is 5.01. The maximum absolute atomic E-state index is 12.1. The van der Waals surface area contributed by atoms with Crippen molar-refractivity contribution in [3.63, 3.8) is 0 Å². The van der Waals surface area contributed by atoms with Crippen LogP contribution in [0, 0.1) is 5.92 Å². The average molecular weight is 267 g/mol. The van der Waals surface area contributed by atoms with Crippen LogP contribution in [-0.4, -0.2) is 11.9 Å². The van der Waals surface area contributed by atoms with E-state index in [4.69, 9.17) is 17.3 Å². The van der Waals surface area contributed by atoms with E-state index >= 15 is 0 Å². The molecule has 0 aromatic heterocycles. The van der Waals surface area contributed by atoms with Crippen LogP contribution in [0.15, 0.2) is 18.2 Å². The fourth-order valence-corrected chi connectivity index (χ4v) is 2.77. The van der Waals surface area contributed by atoms with Crippen molar-refractivity contribution in [2.24, 2.45) is 5.92 Å². The van der Waals surface area contributed by atoms with Gasteiger partial charge in [-0.05, 0) is 37.8 Å². The summed E-state index contributed by atoms with van der Waals surface area (Å²) in [5.74, 6) is 0.462. The number of nitrogen functional groups attached to an aromatic ring is 1. The summed E-state index contributed by atoms with van der Waals surface area (Å²) in [5.41, 5.74) is 6.64. The molecule has 1 aliphatic rings. The lowest BCUT2D eigenvalue weighted by atomic mass is 9.99. The molecule has 1 atom stereocenters. The molecule has 1 fully saturated rings. The van der Waals surface area contributed by atoms with E-state index in [9.17, 15) is 4.79 Å². The van der Waals surface area contributed by atoms with Gasteiger partial charge in [0.05, 0.1) is 16.3 Å². The Kier molecular flexibility index (Phi) is 4.12. The monoisotopic (exact) mass is 266 g/mol. The number of anilines is 1. The number of carbonyl (C=O) groups excluding carboxylic acids is 1. The van der Waals surface area contributed by atoms with Gasteiger partial charge in [-0.25, -0.2) is 0 Å². The zero-order chi connectivity index (χ0) is 13.1. The lowest BCUT2D eigenvalue weighted by Crippen LogP contribution is -2.37. The summed E-state index contributed by atoms with van der Waals surface area (Å²) in [7, 11) is 0. The molecule has 0 aliphatic heterocycles. The van der Waals surface area contributed by atoms with E-state index in [1.807, 2.05) is 0 Å². The van der Waals surface area contributed by atoms with E-state index in [2.05, 4.69) is 12.2 Å². The van der Waals surface area contributed by atoms with Gasteiger partial charge in [-0.3, -0.25) is 4.79 Å². The molecule has 18 heavy (non-hydrogen) atoms. The second kappa shape index (κ2) is 5.61. The van der Waals surface area contributed by atoms with Crippen molar-refractivity contribution in [2.75, 3.05) is 5.73 Å². The third-order valence-corrected chi connectivity index (χ3v) is 4.09. The lowest BCUT2D eigenvalue weighted by Gasteiger charge is -2.20. The number of hydrogen-bond donors (Lipinski definition) is 2. The molecule has 1 aromatic carbocycles. The zero-order valence-electron chi connectivity index (χ0n) is 10.6. The SMILES string of the molecule is CC(NC(=O)c1cccc(Cl)c1N)C1CCCC1. The number of benzene rings is 1. The van der Waals surface area contributed by atoms with Crippen LogP contribution in [0.25, 0.3) is 0 Å². The number of nitrogens with two attached hydrogens (primary N) is 1. The first kappa shape index (κ1) is 13.2. The van der Waals surface area contributed by atoms with Crippen molar-refractivity contribution >= 4 is 23.2 Å². The highest BCUT2D eigenvalue weighted by Gasteiger charge is 2.23. The van der Waals surface area contributed by atoms with E-state index in [1.165, 1.54) is 25.7 Å². The topological polar surface area (TPSA) is 55.1 Å². The number of carbonyl (C=O) groups is 1. The van der Waals surface area contributed by atoms with Gasteiger partial charge in [0.2, 0.25) is 0 Å². The second-order valence-corrected chi connectivity index (χ2v) is 5.41. The molecule has 4 heteroatoms. The molecule has 2 rings (SSSR count). The summed E-state index contributed by atoms with van der Waals surface area (Å²) in [4.78, 5) is 12.1. The number of hydrogen-bond acceptors (Lipinski definition) is 2. The Morgan fingerprint density at radius 3 is 2.78 bits per heavy atom. The van der Waals surface area contributed by atoms with Crippen LogP contribution in [-0.2, 0) is 0 Å². The van der Waals surface area contributed by atoms with E-state index in [1.54, 1.807) is 18.2 Å². The summed E-state index contributed by atoms with van der Waals surface area (Å²) in [6.07, 6.45) is 4.94. The normalized spacial score (nSPS) is 17.7. The summed E-state index contributed by atoms with van der Waals surface area (Å²) in [5, 5.41) is 3.46. The number of rotatable bonds is 3. The summed E-state index contributed by atoms with van der Waals surface area (Å²) >= 11 is 5.92. The Bertz CT molecular complexity index is 441. The lowest BCUT2D eigenvalue weighted by molar-refractivity contribution is 0.0928.